The number of aryl methyl sites for hydroxylation is 1. The summed E-state index contributed by atoms with van der Waals surface area (Å²) in [5.41, 5.74) is 0. The zero-order valence-electron chi connectivity index (χ0n) is 16.6. The fraction of sp³-hybridized carbons (Fsp3) is 0.636. The Labute approximate surface area is 185 Å². The predicted octanol–water partition coefficient (Wildman–Crippen LogP) is 3.19. The van der Waals surface area contributed by atoms with Gasteiger partial charge in [-0.1, -0.05) is 24.3 Å². The van der Waals surface area contributed by atoms with Crippen molar-refractivity contribution in [1.82, 2.24) is 0 Å². The molecule has 0 amide bonds. The molecule has 7 heteroatoms. The molecule has 1 unspecified atom stereocenters. The average molecular weight is 489 g/mol. The van der Waals surface area contributed by atoms with Crippen molar-refractivity contribution >= 4 is 27.3 Å². The van der Waals surface area contributed by atoms with Crippen LogP contribution in [0.5, 0.6) is 0 Å². The highest BCUT2D eigenvalue weighted by atomic mass is 79.9. The van der Waals surface area contributed by atoms with Crippen molar-refractivity contribution in [3.63, 3.8) is 0 Å². The van der Waals surface area contributed by atoms with Crippen molar-refractivity contribution in [1.29, 1.82) is 0 Å². The van der Waals surface area contributed by atoms with Gasteiger partial charge in [-0.15, -0.1) is 11.3 Å². The van der Waals surface area contributed by atoms with Crippen LogP contribution in [0.1, 0.15) is 43.4 Å². The van der Waals surface area contributed by atoms with Gasteiger partial charge in [-0.3, -0.25) is 0 Å². The summed E-state index contributed by atoms with van der Waals surface area (Å²) in [4.78, 5) is 1.22. The monoisotopic (exact) mass is 488 g/mol. The summed E-state index contributed by atoms with van der Waals surface area (Å²) in [6.45, 7) is -0.208. The lowest BCUT2D eigenvalue weighted by molar-refractivity contribution is 0.0868. The Hall–Kier alpha value is -0.540. The van der Waals surface area contributed by atoms with Crippen molar-refractivity contribution in [2.75, 3.05) is 6.61 Å². The lowest BCUT2D eigenvalue weighted by Gasteiger charge is -2.19. The molecule has 2 rings (SSSR count). The molecule has 1 aliphatic rings. The van der Waals surface area contributed by atoms with Crippen LogP contribution in [0.25, 0.3) is 0 Å². The standard InChI is InChI=1S/C22H33BrO5S/c23-22-12-10-17(29-22)9-7-15(25)8-11-19-18(20(27)13-21(19)28)6-4-2-1-3-5-16(26)14-24/h2,4,8,10-12,15-16,18-21,24-28H,1,3,5-7,9,13-14H2/b4-2-,11-8+/t15-,16?,18+,19+,20-,21+/m0/s1. The maximum atomic E-state index is 10.3. The first kappa shape index (κ1) is 24.7. The highest BCUT2D eigenvalue weighted by Gasteiger charge is 2.39. The highest BCUT2D eigenvalue weighted by Crippen LogP contribution is 2.36. The van der Waals surface area contributed by atoms with E-state index >= 15 is 0 Å². The van der Waals surface area contributed by atoms with Crippen LogP contribution in [0.4, 0.5) is 0 Å². The zero-order chi connectivity index (χ0) is 21.2. The molecule has 1 saturated carbocycles. The molecule has 6 atom stereocenters. The van der Waals surface area contributed by atoms with Gasteiger partial charge < -0.3 is 25.5 Å². The second-order valence-corrected chi connectivity index (χ2v) is 10.3. The third-order valence-corrected chi connectivity index (χ3v) is 7.16. The third-order valence-electron chi connectivity index (χ3n) is 5.48. The van der Waals surface area contributed by atoms with Crippen molar-refractivity contribution < 1.29 is 25.5 Å². The van der Waals surface area contributed by atoms with Crippen molar-refractivity contribution in [2.24, 2.45) is 11.8 Å². The van der Waals surface area contributed by atoms with Crippen LogP contribution in [0.3, 0.4) is 0 Å². The summed E-state index contributed by atoms with van der Waals surface area (Å²) >= 11 is 5.11. The van der Waals surface area contributed by atoms with Crippen LogP contribution >= 0.6 is 27.3 Å². The summed E-state index contributed by atoms with van der Waals surface area (Å²) in [6, 6.07) is 4.06. The van der Waals surface area contributed by atoms with E-state index in [-0.39, 0.29) is 18.4 Å². The molecule has 164 valence electrons. The molecule has 0 radical (unpaired) electrons. The minimum atomic E-state index is -0.655. The largest absolute Gasteiger partial charge is 0.394 e. The van der Waals surface area contributed by atoms with Crippen LogP contribution in [0.15, 0.2) is 40.2 Å². The molecular formula is C22H33BrO5S. The highest BCUT2D eigenvalue weighted by molar-refractivity contribution is 9.11. The summed E-state index contributed by atoms with van der Waals surface area (Å²) in [5.74, 6) is -0.239. The first-order chi connectivity index (χ1) is 13.9. The molecule has 0 bridgehead atoms. The van der Waals surface area contributed by atoms with Crippen LogP contribution < -0.4 is 0 Å². The fourth-order valence-corrected chi connectivity index (χ4v) is 5.27. The molecule has 29 heavy (non-hydrogen) atoms. The fourth-order valence-electron chi connectivity index (χ4n) is 3.77. The molecule has 5 nitrogen and oxygen atoms in total. The Kier molecular flexibility index (Phi) is 11.1. The normalized spacial score (nSPS) is 27.2. The molecule has 0 saturated heterocycles. The van der Waals surface area contributed by atoms with Gasteiger partial charge in [-0.25, -0.2) is 0 Å². The first-order valence-corrected chi connectivity index (χ1v) is 11.9. The third kappa shape index (κ3) is 8.61. The van der Waals surface area contributed by atoms with Gasteiger partial charge in [0.1, 0.15) is 0 Å². The summed E-state index contributed by atoms with van der Waals surface area (Å²) in [7, 11) is 0. The smallest absolute Gasteiger partial charge is 0.0771 e. The van der Waals surface area contributed by atoms with Gasteiger partial charge in [0.2, 0.25) is 0 Å². The van der Waals surface area contributed by atoms with E-state index < -0.39 is 24.4 Å². The lowest BCUT2D eigenvalue weighted by atomic mass is 9.89. The van der Waals surface area contributed by atoms with Gasteiger partial charge in [-0.2, -0.15) is 0 Å². The van der Waals surface area contributed by atoms with Gasteiger partial charge in [0.15, 0.2) is 0 Å². The molecule has 1 aromatic heterocycles. The van der Waals surface area contributed by atoms with Crippen LogP contribution in [-0.4, -0.2) is 56.6 Å². The maximum absolute atomic E-state index is 10.3. The van der Waals surface area contributed by atoms with E-state index in [1.165, 1.54) is 4.88 Å². The first-order valence-electron chi connectivity index (χ1n) is 10.3. The minimum absolute atomic E-state index is 0.0685. The number of aliphatic hydroxyl groups is 5. The number of allylic oxidation sites excluding steroid dienone is 2. The van der Waals surface area contributed by atoms with Gasteiger partial charge in [0.25, 0.3) is 0 Å². The van der Waals surface area contributed by atoms with Crippen molar-refractivity contribution in [3.8, 4) is 0 Å². The second-order valence-electron chi connectivity index (χ2n) is 7.78. The van der Waals surface area contributed by atoms with Crippen molar-refractivity contribution in [2.45, 2.75) is 69.4 Å². The minimum Gasteiger partial charge on any atom is -0.394 e. The molecule has 0 spiro atoms. The summed E-state index contributed by atoms with van der Waals surface area (Å²) < 4.78 is 1.08. The Bertz CT molecular complexity index is 647. The van der Waals surface area contributed by atoms with Crippen LogP contribution in [0, 0.1) is 11.8 Å². The maximum Gasteiger partial charge on any atom is 0.0771 e. The average Bonchev–Trinajstić information content (AvgIpc) is 3.23. The summed E-state index contributed by atoms with van der Waals surface area (Å²) in [6.07, 6.45) is 9.89. The molecule has 0 aromatic carbocycles. The second kappa shape index (κ2) is 13.0. The number of aliphatic hydroxyl groups excluding tert-OH is 5. The quantitative estimate of drug-likeness (QED) is 0.229. The van der Waals surface area contributed by atoms with E-state index in [4.69, 9.17) is 5.11 Å². The molecule has 5 N–H and O–H groups in total. The Morgan fingerprint density at radius 3 is 2.62 bits per heavy atom. The van der Waals surface area contributed by atoms with E-state index in [9.17, 15) is 20.4 Å². The van der Waals surface area contributed by atoms with Gasteiger partial charge in [0, 0.05) is 17.2 Å². The Balaban J connectivity index is 1.79. The molecular weight excluding hydrogens is 456 g/mol. The van der Waals surface area contributed by atoms with Crippen LogP contribution in [-0.2, 0) is 6.42 Å². The summed E-state index contributed by atoms with van der Waals surface area (Å²) in [5, 5.41) is 49.0. The van der Waals surface area contributed by atoms with E-state index in [1.807, 2.05) is 24.3 Å². The van der Waals surface area contributed by atoms with Crippen LogP contribution in [0.2, 0.25) is 0 Å². The molecule has 1 fully saturated rings. The number of hydrogen-bond acceptors (Lipinski definition) is 6. The Morgan fingerprint density at radius 1 is 1.14 bits per heavy atom. The predicted molar refractivity (Wildman–Crippen MR) is 120 cm³/mol. The number of hydrogen-bond donors (Lipinski definition) is 5. The van der Waals surface area contributed by atoms with E-state index in [1.54, 1.807) is 17.4 Å². The number of thiophene rings is 1. The lowest BCUT2D eigenvalue weighted by Crippen LogP contribution is -2.20. The molecule has 1 aromatic rings. The molecule has 0 aliphatic heterocycles. The SMILES string of the molecule is OCC(O)CCC/C=C\C[C@@H]1[C@@H](/C=C/[C@@H](O)CCc2ccc(Br)s2)[C@H](O)C[C@@H]1O. The van der Waals surface area contributed by atoms with Gasteiger partial charge >= 0.3 is 0 Å². The zero-order valence-corrected chi connectivity index (χ0v) is 19.0. The van der Waals surface area contributed by atoms with Crippen molar-refractivity contribution in [3.05, 3.63) is 45.1 Å². The number of rotatable bonds is 12. The molecule has 1 heterocycles. The van der Waals surface area contributed by atoms with E-state index in [0.717, 1.165) is 23.0 Å². The molecule has 1 aliphatic carbocycles. The van der Waals surface area contributed by atoms with E-state index in [2.05, 4.69) is 22.0 Å². The topological polar surface area (TPSA) is 101 Å². The van der Waals surface area contributed by atoms with E-state index in [0.29, 0.717) is 25.7 Å². The Morgan fingerprint density at radius 2 is 1.93 bits per heavy atom. The number of halogens is 1. The van der Waals surface area contributed by atoms with Gasteiger partial charge in [0.05, 0.1) is 34.8 Å². The number of unbranched alkanes of at least 4 members (excludes halogenated alkanes) is 1. The van der Waals surface area contributed by atoms with Gasteiger partial charge in [-0.05, 0) is 72.5 Å².